The molecule has 1 aliphatic rings. The van der Waals surface area contributed by atoms with Gasteiger partial charge in [-0.2, -0.15) is 0 Å². The lowest BCUT2D eigenvalue weighted by Gasteiger charge is -2.27. The molecule has 0 bridgehead atoms. The number of ketones is 1. The molecule has 4 rings (SSSR count). The molecule has 0 aromatic heterocycles. The molecule has 0 saturated carbocycles. The highest BCUT2D eigenvalue weighted by molar-refractivity contribution is 6.52. The summed E-state index contributed by atoms with van der Waals surface area (Å²) in [6.07, 6.45) is 0.788. The molecule has 1 aliphatic heterocycles. The van der Waals surface area contributed by atoms with Crippen LogP contribution in [0.25, 0.3) is 5.76 Å². The van der Waals surface area contributed by atoms with Crippen LogP contribution in [0.15, 0.2) is 78.4 Å². The Morgan fingerprint density at radius 3 is 2.22 bits per heavy atom. The minimum absolute atomic E-state index is 0.00704. The topological polar surface area (TPSA) is 79.3 Å². The van der Waals surface area contributed by atoms with E-state index < -0.39 is 17.7 Å². The number of anilines is 2. The van der Waals surface area contributed by atoms with Crippen molar-refractivity contribution in [1.29, 1.82) is 0 Å². The standard InChI is InChI=1S/C29H30N2O5/c1-5-18-36-24-13-9-7-11-22(24)31-26(19-14-16-20(17-15-19)30(2)3)25(28(33)29(31)34)27(32)21-10-6-8-12-23(21)35-4/h6-17,26,32H,5,18H2,1-4H3/b27-25-. The molecule has 0 aliphatic carbocycles. The number of benzene rings is 3. The normalized spacial score (nSPS) is 16.8. The molecule has 1 heterocycles. The van der Waals surface area contributed by atoms with Crippen LogP contribution in [-0.4, -0.2) is 44.6 Å². The number of aliphatic hydroxyl groups is 1. The zero-order chi connectivity index (χ0) is 25.8. The molecule has 1 saturated heterocycles. The van der Waals surface area contributed by atoms with Gasteiger partial charge in [-0.3, -0.25) is 14.5 Å². The molecule has 1 N–H and O–H groups in total. The Balaban J connectivity index is 1.95. The summed E-state index contributed by atoms with van der Waals surface area (Å²) in [7, 11) is 5.36. The van der Waals surface area contributed by atoms with Gasteiger partial charge in [-0.15, -0.1) is 0 Å². The van der Waals surface area contributed by atoms with Gasteiger partial charge in [-0.25, -0.2) is 0 Å². The lowest BCUT2D eigenvalue weighted by molar-refractivity contribution is -0.132. The summed E-state index contributed by atoms with van der Waals surface area (Å²) in [6, 6.07) is 20.7. The SMILES string of the molecule is CCCOc1ccccc1N1C(=O)C(=O)/C(=C(\O)c2ccccc2OC)C1c1ccc(N(C)C)cc1. The van der Waals surface area contributed by atoms with Gasteiger partial charge in [-0.1, -0.05) is 43.3 Å². The second kappa shape index (κ2) is 10.6. The van der Waals surface area contributed by atoms with E-state index in [0.29, 0.717) is 34.9 Å². The Morgan fingerprint density at radius 1 is 0.944 bits per heavy atom. The van der Waals surface area contributed by atoms with Crippen LogP contribution >= 0.6 is 0 Å². The number of carbonyl (C=O) groups excluding carboxylic acids is 2. The van der Waals surface area contributed by atoms with Crippen molar-refractivity contribution < 1.29 is 24.2 Å². The molecule has 3 aromatic carbocycles. The fourth-order valence-electron chi connectivity index (χ4n) is 4.33. The first-order valence-corrected chi connectivity index (χ1v) is 11.8. The lowest BCUT2D eigenvalue weighted by atomic mass is 9.94. The number of hydrogen-bond acceptors (Lipinski definition) is 6. The monoisotopic (exact) mass is 486 g/mol. The lowest BCUT2D eigenvalue weighted by Crippen LogP contribution is -2.30. The van der Waals surface area contributed by atoms with E-state index in [0.717, 1.165) is 12.1 Å². The number of amides is 1. The second-order valence-electron chi connectivity index (χ2n) is 8.67. The Morgan fingerprint density at radius 2 is 1.58 bits per heavy atom. The summed E-state index contributed by atoms with van der Waals surface area (Å²) >= 11 is 0. The molecule has 1 amide bonds. The number of ether oxygens (including phenoxy) is 2. The number of para-hydroxylation sites is 3. The van der Waals surface area contributed by atoms with Gasteiger partial charge in [-0.05, 0) is 48.4 Å². The number of Topliss-reactive ketones (excluding diaryl/α,β-unsaturated/α-hetero) is 1. The molecule has 7 nitrogen and oxygen atoms in total. The smallest absolute Gasteiger partial charge is 0.300 e. The van der Waals surface area contributed by atoms with Crippen LogP contribution in [0, 0.1) is 0 Å². The Bertz CT molecular complexity index is 1300. The first kappa shape index (κ1) is 24.9. The van der Waals surface area contributed by atoms with Crippen LogP contribution in [0.3, 0.4) is 0 Å². The molecule has 186 valence electrons. The molecule has 36 heavy (non-hydrogen) atoms. The first-order valence-electron chi connectivity index (χ1n) is 11.8. The Kier molecular flexibility index (Phi) is 7.29. The van der Waals surface area contributed by atoms with Crippen LogP contribution in [-0.2, 0) is 9.59 Å². The summed E-state index contributed by atoms with van der Waals surface area (Å²) < 4.78 is 11.3. The minimum atomic E-state index is -0.863. The van der Waals surface area contributed by atoms with Crippen LogP contribution in [0.1, 0.15) is 30.5 Å². The molecule has 1 atom stereocenters. The third kappa shape index (κ3) is 4.52. The largest absolute Gasteiger partial charge is 0.507 e. The zero-order valence-corrected chi connectivity index (χ0v) is 20.9. The van der Waals surface area contributed by atoms with Crippen molar-refractivity contribution in [3.8, 4) is 11.5 Å². The van der Waals surface area contributed by atoms with Crippen molar-refractivity contribution >= 4 is 28.8 Å². The van der Waals surface area contributed by atoms with E-state index in [9.17, 15) is 14.7 Å². The number of methoxy groups -OCH3 is 1. The van der Waals surface area contributed by atoms with Gasteiger partial charge in [0.2, 0.25) is 0 Å². The molecule has 1 fully saturated rings. The average molecular weight is 487 g/mol. The zero-order valence-electron chi connectivity index (χ0n) is 20.9. The summed E-state index contributed by atoms with van der Waals surface area (Å²) in [5.74, 6) is -0.906. The quantitative estimate of drug-likeness (QED) is 0.269. The van der Waals surface area contributed by atoms with Crippen LogP contribution < -0.4 is 19.3 Å². The van der Waals surface area contributed by atoms with Crippen molar-refractivity contribution in [1.82, 2.24) is 0 Å². The number of hydrogen-bond donors (Lipinski definition) is 1. The van der Waals surface area contributed by atoms with Crippen LogP contribution in [0.4, 0.5) is 11.4 Å². The van der Waals surface area contributed by atoms with E-state index in [4.69, 9.17) is 9.47 Å². The fraction of sp³-hybridized carbons (Fsp3) is 0.241. The molecule has 3 aromatic rings. The van der Waals surface area contributed by atoms with Gasteiger partial charge in [0.1, 0.15) is 17.3 Å². The summed E-state index contributed by atoms with van der Waals surface area (Å²) in [5.41, 5.74) is 2.44. The Hall–Kier alpha value is -4.26. The summed E-state index contributed by atoms with van der Waals surface area (Å²) in [6.45, 7) is 2.46. The van der Waals surface area contributed by atoms with E-state index in [1.165, 1.54) is 12.0 Å². The number of aliphatic hydroxyl groups excluding tert-OH is 1. The second-order valence-corrected chi connectivity index (χ2v) is 8.67. The van der Waals surface area contributed by atoms with Gasteiger partial charge in [0, 0.05) is 19.8 Å². The fourth-order valence-corrected chi connectivity index (χ4v) is 4.33. The molecular formula is C29H30N2O5. The van der Waals surface area contributed by atoms with Crippen molar-refractivity contribution in [3.05, 3.63) is 89.5 Å². The third-order valence-corrected chi connectivity index (χ3v) is 6.12. The number of carbonyl (C=O) groups is 2. The van der Waals surface area contributed by atoms with Gasteiger partial charge in [0.15, 0.2) is 0 Å². The highest BCUT2D eigenvalue weighted by atomic mass is 16.5. The molecule has 1 unspecified atom stereocenters. The van der Waals surface area contributed by atoms with Crippen molar-refractivity contribution in [2.24, 2.45) is 0 Å². The van der Waals surface area contributed by atoms with E-state index >= 15 is 0 Å². The number of rotatable bonds is 8. The predicted molar refractivity (Wildman–Crippen MR) is 141 cm³/mol. The van der Waals surface area contributed by atoms with Crippen LogP contribution in [0.5, 0.6) is 11.5 Å². The Labute approximate surface area is 211 Å². The molecule has 0 radical (unpaired) electrons. The highest BCUT2D eigenvalue weighted by Gasteiger charge is 2.48. The van der Waals surface area contributed by atoms with Crippen molar-refractivity contribution in [2.75, 3.05) is 37.6 Å². The van der Waals surface area contributed by atoms with E-state index in [-0.39, 0.29) is 11.3 Å². The van der Waals surface area contributed by atoms with Gasteiger partial charge in [0.05, 0.1) is 36.6 Å². The van der Waals surface area contributed by atoms with E-state index in [1.807, 2.05) is 56.3 Å². The molecular weight excluding hydrogens is 456 g/mol. The predicted octanol–water partition coefficient (Wildman–Crippen LogP) is 5.18. The molecule has 0 spiro atoms. The van der Waals surface area contributed by atoms with Crippen molar-refractivity contribution in [2.45, 2.75) is 19.4 Å². The maximum Gasteiger partial charge on any atom is 0.300 e. The van der Waals surface area contributed by atoms with Gasteiger partial charge in [0.25, 0.3) is 11.7 Å². The number of nitrogens with zero attached hydrogens (tertiary/aromatic N) is 2. The summed E-state index contributed by atoms with van der Waals surface area (Å²) in [4.78, 5) is 30.4. The van der Waals surface area contributed by atoms with Crippen molar-refractivity contribution in [3.63, 3.8) is 0 Å². The summed E-state index contributed by atoms with van der Waals surface area (Å²) in [5, 5.41) is 11.4. The highest BCUT2D eigenvalue weighted by Crippen LogP contribution is 2.45. The maximum atomic E-state index is 13.5. The third-order valence-electron chi connectivity index (χ3n) is 6.12. The average Bonchev–Trinajstić information content (AvgIpc) is 3.17. The minimum Gasteiger partial charge on any atom is -0.507 e. The molecule has 7 heteroatoms. The van der Waals surface area contributed by atoms with E-state index in [1.54, 1.807) is 42.5 Å². The first-order chi connectivity index (χ1) is 17.4. The van der Waals surface area contributed by atoms with E-state index in [2.05, 4.69) is 0 Å². The van der Waals surface area contributed by atoms with Crippen LogP contribution in [0.2, 0.25) is 0 Å². The maximum absolute atomic E-state index is 13.5. The van der Waals surface area contributed by atoms with Gasteiger partial charge >= 0.3 is 0 Å². The van der Waals surface area contributed by atoms with Gasteiger partial charge < -0.3 is 19.5 Å².